The molecule has 0 spiro atoms. The lowest BCUT2D eigenvalue weighted by Crippen LogP contribution is -2.00. The molecule has 0 amide bonds. The van der Waals surface area contributed by atoms with E-state index in [-0.39, 0.29) is 0 Å². The molecule has 0 aliphatic heterocycles. The average Bonchev–Trinajstić information content (AvgIpc) is 2.73. The van der Waals surface area contributed by atoms with Crippen LogP contribution in [0.5, 0.6) is 5.88 Å². The molecular formula is C12H14N2O. The Bertz CT molecular complexity index is 434. The maximum absolute atomic E-state index is 5.13. The molecular weight excluding hydrogens is 188 g/mol. The van der Waals surface area contributed by atoms with Crippen molar-refractivity contribution in [2.75, 3.05) is 7.11 Å². The second-order valence-electron chi connectivity index (χ2n) is 3.28. The second kappa shape index (κ2) is 4.17. The molecule has 0 aliphatic rings. The molecule has 0 saturated carbocycles. The van der Waals surface area contributed by atoms with E-state index in [4.69, 9.17) is 4.74 Å². The number of aryl methyl sites for hydroxylation is 1. The summed E-state index contributed by atoms with van der Waals surface area (Å²) in [6, 6.07) is 12.0. The number of para-hydroxylation sites is 1. The summed E-state index contributed by atoms with van der Waals surface area (Å²) in [5.74, 6) is 0.663. The summed E-state index contributed by atoms with van der Waals surface area (Å²) in [5, 5.41) is 4.36. The van der Waals surface area contributed by atoms with E-state index in [1.54, 1.807) is 7.11 Å². The van der Waals surface area contributed by atoms with Gasteiger partial charge in [0, 0.05) is 11.8 Å². The molecule has 3 heteroatoms. The molecule has 0 radical (unpaired) electrons. The van der Waals surface area contributed by atoms with Crippen LogP contribution in [-0.4, -0.2) is 16.9 Å². The highest BCUT2D eigenvalue weighted by atomic mass is 16.5. The Morgan fingerprint density at radius 3 is 2.60 bits per heavy atom. The number of nitrogens with zero attached hydrogens (tertiary/aromatic N) is 2. The first-order valence-electron chi connectivity index (χ1n) is 5.03. The molecule has 0 aliphatic carbocycles. The van der Waals surface area contributed by atoms with Crippen LogP contribution in [0.25, 0.3) is 5.69 Å². The van der Waals surface area contributed by atoms with Gasteiger partial charge in [-0.1, -0.05) is 25.1 Å². The van der Waals surface area contributed by atoms with Crippen molar-refractivity contribution in [1.82, 2.24) is 9.78 Å². The fourth-order valence-corrected chi connectivity index (χ4v) is 1.54. The molecule has 0 saturated heterocycles. The number of rotatable bonds is 3. The van der Waals surface area contributed by atoms with Crippen molar-refractivity contribution in [3.8, 4) is 11.6 Å². The third kappa shape index (κ3) is 1.86. The van der Waals surface area contributed by atoms with Gasteiger partial charge in [0.2, 0.25) is 5.88 Å². The molecule has 1 heterocycles. The highest BCUT2D eigenvalue weighted by molar-refractivity contribution is 5.34. The van der Waals surface area contributed by atoms with Gasteiger partial charge in [-0.15, -0.1) is 5.10 Å². The summed E-state index contributed by atoms with van der Waals surface area (Å²) in [4.78, 5) is 0. The molecule has 0 N–H and O–H groups in total. The fraction of sp³-hybridized carbons (Fsp3) is 0.250. The van der Waals surface area contributed by atoms with E-state index in [1.165, 1.54) is 0 Å². The molecule has 0 unspecified atom stereocenters. The van der Waals surface area contributed by atoms with E-state index >= 15 is 0 Å². The Balaban J connectivity index is 2.47. The van der Waals surface area contributed by atoms with Crippen LogP contribution in [0.4, 0.5) is 0 Å². The SMILES string of the molecule is CCc1cc(OC)nn1-c1ccccc1. The van der Waals surface area contributed by atoms with Gasteiger partial charge in [-0.05, 0) is 18.6 Å². The zero-order chi connectivity index (χ0) is 10.7. The zero-order valence-electron chi connectivity index (χ0n) is 8.97. The Labute approximate surface area is 89.3 Å². The lowest BCUT2D eigenvalue weighted by Gasteiger charge is -2.04. The first-order chi connectivity index (χ1) is 7.35. The van der Waals surface area contributed by atoms with Gasteiger partial charge in [0.1, 0.15) is 0 Å². The smallest absolute Gasteiger partial charge is 0.233 e. The third-order valence-corrected chi connectivity index (χ3v) is 2.33. The fourth-order valence-electron chi connectivity index (χ4n) is 1.54. The summed E-state index contributed by atoms with van der Waals surface area (Å²) in [7, 11) is 1.64. The minimum Gasteiger partial charge on any atom is -0.480 e. The van der Waals surface area contributed by atoms with Gasteiger partial charge < -0.3 is 4.74 Å². The molecule has 78 valence electrons. The molecule has 0 bridgehead atoms. The van der Waals surface area contributed by atoms with Gasteiger partial charge in [0.05, 0.1) is 12.8 Å². The van der Waals surface area contributed by atoms with E-state index in [0.717, 1.165) is 17.8 Å². The Kier molecular flexibility index (Phi) is 2.72. The largest absolute Gasteiger partial charge is 0.480 e. The van der Waals surface area contributed by atoms with Crippen LogP contribution >= 0.6 is 0 Å². The van der Waals surface area contributed by atoms with Crippen molar-refractivity contribution in [1.29, 1.82) is 0 Å². The van der Waals surface area contributed by atoms with Crippen molar-refractivity contribution in [2.45, 2.75) is 13.3 Å². The number of hydrogen-bond donors (Lipinski definition) is 0. The maximum Gasteiger partial charge on any atom is 0.233 e. The first kappa shape index (κ1) is 9.77. The first-order valence-corrected chi connectivity index (χ1v) is 5.03. The third-order valence-electron chi connectivity index (χ3n) is 2.33. The summed E-state index contributed by atoms with van der Waals surface area (Å²) < 4.78 is 7.04. The predicted octanol–water partition coefficient (Wildman–Crippen LogP) is 2.44. The minimum absolute atomic E-state index is 0.663. The van der Waals surface area contributed by atoms with Crippen molar-refractivity contribution < 1.29 is 4.74 Å². The predicted molar refractivity (Wildman–Crippen MR) is 59.5 cm³/mol. The van der Waals surface area contributed by atoms with Crippen molar-refractivity contribution in [3.63, 3.8) is 0 Å². The highest BCUT2D eigenvalue weighted by Crippen LogP contribution is 2.16. The summed E-state index contributed by atoms with van der Waals surface area (Å²) in [5.41, 5.74) is 2.22. The summed E-state index contributed by atoms with van der Waals surface area (Å²) in [6.07, 6.45) is 0.936. The van der Waals surface area contributed by atoms with Gasteiger partial charge in [-0.3, -0.25) is 0 Å². The quantitative estimate of drug-likeness (QED) is 0.764. The monoisotopic (exact) mass is 202 g/mol. The molecule has 15 heavy (non-hydrogen) atoms. The van der Waals surface area contributed by atoms with Gasteiger partial charge in [-0.25, -0.2) is 4.68 Å². The summed E-state index contributed by atoms with van der Waals surface area (Å²) in [6.45, 7) is 2.11. The van der Waals surface area contributed by atoms with E-state index in [9.17, 15) is 0 Å². The van der Waals surface area contributed by atoms with Crippen molar-refractivity contribution in [3.05, 3.63) is 42.1 Å². The van der Waals surface area contributed by atoms with Crippen LogP contribution < -0.4 is 4.74 Å². The molecule has 0 atom stereocenters. The van der Waals surface area contributed by atoms with Crippen LogP contribution in [0.2, 0.25) is 0 Å². The number of methoxy groups -OCH3 is 1. The standard InChI is InChI=1S/C12H14N2O/c1-3-10-9-12(15-2)13-14(10)11-7-5-4-6-8-11/h4-9H,3H2,1-2H3. The van der Waals surface area contributed by atoms with Gasteiger partial charge in [0.15, 0.2) is 0 Å². The van der Waals surface area contributed by atoms with Crippen LogP contribution in [0, 0.1) is 0 Å². The zero-order valence-corrected chi connectivity index (χ0v) is 8.97. The number of ether oxygens (including phenoxy) is 1. The maximum atomic E-state index is 5.13. The Morgan fingerprint density at radius 1 is 1.27 bits per heavy atom. The molecule has 1 aromatic heterocycles. The van der Waals surface area contributed by atoms with Crippen molar-refractivity contribution >= 4 is 0 Å². The molecule has 0 fully saturated rings. The van der Waals surface area contributed by atoms with Crippen LogP contribution in [-0.2, 0) is 6.42 Å². The molecule has 1 aromatic carbocycles. The molecule has 2 rings (SSSR count). The number of benzene rings is 1. The number of hydrogen-bond acceptors (Lipinski definition) is 2. The lowest BCUT2D eigenvalue weighted by atomic mass is 10.3. The van der Waals surface area contributed by atoms with E-state index < -0.39 is 0 Å². The molecule has 2 aromatic rings. The normalized spacial score (nSPS) is 10.3. The molecule has 3 nitrogen and oxygen atoms in total. The Morgan fingerprint density at radius 2 is 2.00 bits per heavy atom. The van der Waals surface area contributed by atoms with Gasteiger partial charge >= 0.3 is 0 Å². The second-order valence-corrected chi connectivity index (χ2v) is 3.28. The van der Waals surface area contributed by atoms with Gasteiger partial charge in [0.25, 0.3) is 0 Å². The van der Waals surface area contributed by atoms with E-state index in [2.05, 4.69) is 12.0 Å². The minimum atomic E-state index is 0.663. The van der Waals surface area contributed by atoms with Crippen LogP contribution in [0.3, 0.4) is 0 Å². The number of aromatic nitrogens is 2. The highest BCUT2D eigenvalue weighted by Gasteiger charge is 2.07. The van der Waals surface area contributed by atoms with Crippen molar-refractivity contribution in [2.24, 2.45) is 0 Å². The van der Waals surface area contributed by atoms with Crippen LogP contribution in [0.15, 0.2) is 36.4 Å². The topological polar surface area (TPSA) is 27.1 Å². The Hall–Kier alpha value is -1.77. The van der Waals surface area contributed by atoms with E-state index in [0.29, 0.717) is 5.88 Å². The average molecular weight is 202 g/mol. The van der Waals surface area contributed by atoms with E-state index in [1.807, 2.05) is 41.1 Å². The lowest BCUT2D eigenvalue weighted by molar-refractivity contribution is 0.394. The van der Waals surface area contributed by atoms with Gasteiger partial charge in [-0.2, -0.15) is 0 Å². The van der Waals surface area contributed by atoms with Crippen LogP contribution in [0.1, 0.15) is 12.6 Å². The summed E-state index contributed by atoms with van der Waals surface area (Å²) >= 11 is 0.